The first-order chi connectivity index (χ1) is 14.2. The molecule has 0 spiro atoms. The molecule has 0 saturated heterocycles. The maximum absolute atomic E-state index is 12.2. The first kappa shape index (κ1) is 21.2. The number of nitrogens with one attached hydrogen (secondary N) is 1. The maximum Gasteiger partial charge on any atom is 0.306 e. The van der Waals surface area contributed by atoms with E-state index in [1.807, 2.05) is 46.8 Å². The summed E-state index contributed by atoms with van der Waals surface area (Å²) >= 11 is 0. The van der Waals surface area contributed by atoms with E-state index < -0.39 is 5.97 Å². The second-order valence-electron chi connectivity index (χ2n) is 7.43. The number of amides is 1. The number of carbonyl (C=O) groups is 2. The van der Waals surface area contributed by atoms with Crippen molar-refractivity contribution in [3.05, 3.63) is 45.8 Å². The number of aryl methyl sites for hydroxylation is 5. The Labute approximate surface area is 174 Å². The molecule has 0 aliphatic heterocycles. The Morgan fingerprint density at radius 3 is 2.43 bits per heavy atom. The zero-order valence-corrected chi connectivity index (χ0v) is 17.9. The van der Waals surface area contributed by atoms with Gasteiger partial charge in [0.15, 0.2) is 6.61 Å². The Bertz CT molecular complexity index is 1110. The van der Waals surface area contributed by atoms with Crippen molar-refractivity contribution in [3.63, 3.8) is 0 Å². The highest BCUT2D eigenvalue weighted by atomic mass is 16.5. The predicted molar refractivity (Wildman–Crippen MR) is 113 cm³/mol. The van der Waals surface area contributed by atoms with Gasteiger partial charge in [-0.15, -0.1) is 5.10 Å². The quantitative estimate of drug-likeness (QED) is 0.598. The highest BCUT2D eigenvalue weighted by Crippen LogP contribution is 2.22. The van der Waals surface area contributed by atoms with Crippen molar-refractivity contribution >= 4 is 29.3 Å². The Morgan fingerprint density at radius 2 is 1.77 bits per heavy atom. The number of hydrogen-bond acceptors (Lipinski definition) is 7. The monoisotopic (exact) mass is 410 g/mol. The summed E-state index contributed by atoms with van der Waals surface area (Å²) in [5.74, 6) is -0.259. The average molecular weight is 410 g/mol. The summed E-state index contributed by atoms with van der Waals surface area (Å²) in [4.78, 5) is 32.8. The van der Waals surface area contributed by atoms with Crippen molar-refractivity contribution in [3.8, 4) is 0 Å². The minimum atomic E-state index is -0.459. The second kappa shape index (κ2) is 8.48. The first-order valence-corrected chi connectivity index (χ1v) is 9.67. The van der Waals surface area contributed by atoms with Gasteiger partial charge in [-0.05, 0) is 57.7 Å². The third kappa shape index (κ3) is 4.56. The molecule has 0 atom stereocenters. The highest BCUT2D eigenvalue weighted by molar-refractivity contribution is 5.94. The van der Waals surface area contributed by atoms with E-state index in [1.165, 1.54) is 0 Å². The van der Waals surface area contributed by atoms with Crippen molar-refractivity contribution in [2.75, 3.05) is 17.7 Å². The van der Waals surface area contributed by atoms with Crippen LogP contribution in [0.5, 0.6) is 0 Å². The molecule has 0 fully saturated rings. The largest absolute Gasteiger partial charge is 0.456 e. The highest BCUT2D eigenvalue weighted by Gasteiger charge is 2.15. The summed E-state index contributed by atoms with van der Waals surface area (Å²) in [5.41, 5.74) is 11.9. The van der Waals surface area contributed by atoms with Gasteiger partial charge in [0.25, 0.3) is 11.7 Å². The molecule has 9 nitrogen and oxygen atoms in total. The SMILES string of the molecule is Cc1cc(C)c(NC(=O)COC(=O)CCc2c(C)nc3nc(N)nn3c2C)c(C)c1. The van der Waals surface area contributed by atoms with E-state index >= 15 is 0 Å². The van der Waals surface area contributed by atoms with Gasteiger partial charge >= 0.3 is 5.97 Å². The van der Waals surface area contributed by atoms with Gasteiger partial charge in [-0.3, -0.25) is 9.59 Å². The summed E-state index contributed by atoms with van der Waals surface area (Å²) in [6.45, 7) is 9.25. The summed E-state index contributed by atoms with van der Waals surface area (Å²) in [5, 5.41) is 6.93. The molecule has 9 heteroatoms. The lowest BCUT2D eigenvalue weighted by molar-refractivity contribution is -0.147. The van der Waals surface area contributed by atoms with Crippen LogP contribution >= 0.6 is 0 Å². The summed E-state index contributed by atoms with van der Waals surface area (Å²) < 4.78 is 6.70. The van der Waals surface area contributed by atoms with Gasteiger partial charge in [0, 0.05) is 23.5 Å². The number of carbonyl (C=O) groups excluding carboxylic acids is 2. The molecule has 0 bridgehead atoms. The van der Waals surface area contributed by atoms with Crippen LogP contribution < -0.4 is 11.1 Å². The molecule has 3 rings (SSSR count). The van der Waals surface area contributed by atoms with E-state index in [0.717, 1.165) is 39.3 Å². The van der Waals surface area contributed by atoms with E-state index in [-0.39, 0.29) is 24.9 Å². The number of anilines is 2. The standard InChI is InChI=1S/C21H26N6O3/c1-11-8-12(2)19(13(3)9-11)24-17(28)10-30-18(29)7-6-16-14(4)23-21-25-20(22)26-27(21)15(16)5/h8-9H,6-7,10H2,1-5H3,(H2,22,26)(H,24,28). The molecule has 1 aromatic carbocycles. The maximum atomic E-state index is 12.2. The van der Waals surface area contributed by atoms with E-state index in [4.69, 9.17) is 10.5 Å². The Kier molecular flexibility index (Phi) is 6.00. The van der Waals surface area contributed by atoms with E-state index in [0.29, 0.717) is 12.2 Å². The summed E-state index contributed by atoms with van der Waals surface area (Å²) in [6.07, 6.45) is 0.534. The minimum Gasteiger partial charge on any atom is -0.456 e. The van der Waals surface area contributed by atoms with Gasteiger partial charge in [0.2, 0.25) is 5.95 Å². The van der Waals surface area contributed by atoms with Crippen LogP contribution in [0.3, 0.4) is 0 Å². The number of nitrogens with two attached hydrogens (primary N) is 1. The zero-order valence-electron chi connectivity index (χ0n) is 17.9. The third-order valence-corrected chi connectivity index (χ3v) is 4.95. The smallest absolute Gasteiger partial charge is 0.306 e. The summed E-state index contributed by atoms with van der Waals surface area (Å²) in [6, 6.07) is 3.99. The number of benzene rings is 1. The molecule has 0 radical (unpaired) electrons. The molecular weight excluding hydrogens is 384 g/mol. The second-order valence-corrected chi connectivity index (χ2v) is 7.43. The Hall–Kier alpha value is -3.49. The van der Waals surface area contributed by atoms with Gasteiger partial charge in [0.1, 0.15) is 0 Å². The van der Waals surface area contributed by atoms with Crippen molar-refractivity contribution < 1.29 is 14.3 Å². The van der Waals surface area contributed by atoms with Crippen molar-refractivity contribution in [1.82, 2.24) is 19.6 Å². The van der Waals surface area contributed by atoms with Gasteiger partial charge in [0.05, 0.1) is 0 Å². The van der Waals surface area contributed by atoms with E-state index in [9.17, 15) is 9.59 Å². The fourth-order valence-corrected chi connectivity index (χ4v) is 3.58. The first-order valence-electron chi connectivity index (χ1n) is 9.67. The zero-order chi connectivity index (χ0) is 22.0. The lowest BCUT2D eigenvalue weighted by Gasteiger charge is -2.13. The van der Waals surface area contributed by atoms with Crippen LogP contribution in [0.15, 0.2) is 12.1 Å². The van der Waals surface area contributed by atoms with Crippen LogP contribution in [0, 0.1) is 34.6 Å². The molecule has 2 aromatic heterocycles. The molecule has 3 aromatic rings. The van der Waals surface area contributed by atoms with Crippen LogP contribution in [-0.2, 0) is 20.7 Å². The van der Waals surface area contributed by atoms with E-state index in [1.54, 1.807) is 4.52 Å². The lowest BCUT2D eigenvalue weighted by Crippen LogP contribution is -2.22. The number of fused-ring (bicyclic) bond motifs is 1. The van der Waals surface area contributed by atoms with Crippen LogP contribution in [-0.4, -0.2) is 38.1 Å². The van der Waals surface area contributed by atoms with E-state index in [2.05, 4.69) is 20.4 Å². The minimum absolute atomic E-state index is 0.120. The van der Waals surface area contributed by atoms with Crippen LogP contribution in [0.1, 0.15) is 40.1 Å². The molecule has 3 N–H and O–H groups in total. The Balaban J connectivity index is 1.57. The Morgan fingerprint density at radius 1 is 1.10 bits per heavy atom. The molecule has 2 heterocycles. The molecule has 0 aliphatic carbocycles. The van der Waals surface area contributed by atoms with Crippen molar-refractivity contribution in [2.45, 2.75) is 47.5 Å². The number of nitrogens with zero attached hydrogens (tertiary/aromatic N) is 4. The molecule has 30 heavy (non-hydrogen) atoms. The fraction of sp³-hybridized carbons (Fsp3) is 0.381. The number of ether oxygens (including phenoxy) is 1. The molecular formula is C21H26N6O3. The molecule has 0 unspecified atom stereocenters. The van der Waals surface area contributed by atoms with Crippen LogP contribution in [0.2, 0.25) is 0 Å². The van der Waals surface area contributed by atoms with Crippen LogP contribution in [0.25, 0.3) is 5.78 Å². The summed E-state index contributed by atoms with van der Waals surface area (Å²) in [7, 11) is 0. The normalized spacial score (nSPS) is 11.0. The fourth-order valence-electron chi connectivity index (χ4n) is 3.58. The van der Waals surface area contributed by atoms with Gasteiger partial charge in [-0.1, -0.05) is 17.7 Å². The number of hydrogen-bond donors (Lipinski definition) is 2. The molecule has 0 aliphatic rings. The van der Waals surface area contributed by atoms with Crippen molar-refractivity contribution in [2.24, 2.45) is 0 Å². The van der Waals surface area contributed by atoms with Gasteiger partial charge in [-0.25, -0.2) is 4.98 Å². The predicted octanol–water partition coefficient (Wildman–Crippen LogP) is 2.36. The number of aromatic nitrogens is 4. The average Bonchev–Trinajstić information content (AvgIpc) is 3.03. The van der Waals surface area contributed by atoms with Crippen molar-refractivity contribution in [1.29, 1.82) is 0 Å². The third-order valence-electron chi connectivity index (χ3n) is 4.95. The number of rotatable bonds is 6. The molecule has 1 amide bonds. The van der Waals surface area contributed by atoms with Crippen LogP contribution in [0.4, 0.5) is 11.6 Å². The number of nitrogen functional groups attached to an aromatic ring is 1. The van der Waals surface area contributed by atoms with Gasteiger partial charge < -0.3 is 15.8 Å². The lowest BCUT2D eigenvalue weighted by atomic mass is 10.1. The molecule has 0 saturated carbocycles. The topological polar surface area (TPSA) is 124 Å². The van der Waals surface area contributed by atoms with Gasteiger partial charge in [-0.2, -0.15) is 9.50 Å². The molecule has 158 valence electrons. The number of esters is 1.